The first-order valence-corrected chi connectivity index (χ1v) is 8.20. The second-order valence-electron chi connectivity index (χ2n) is 6.38. The summed E-state index contributed by atoms with van der Waals surface area (Å²) in [6.07, 6.45) is 7.06. The Balaban J connectivity index is 1.66. The van der Waals surface area contributed by atoms with Crippen molar-refractivity contribution in [2.45, 2.75) is 44.6 Å². The molecule has 1 atom stereocenters. The zero-order chi connectivity index (χ0) is 16.2. The lowest BCUT2D eigenvalue weighted by Gasteiger charge is -2.16. The molecule has 0 unspecified atom stereocenters. The minimum atomic E-state index is -0.991. The van der Waals surface area contributed by atoms with Gasteiger partial charge in [0.15, 0.2) is 0 Å². The first-order chi connectivity index (χ1) is 11.1. The predicted molar refractivity (Wildman–Crippen MR) is 88.1 cm³/mol. The van der Waals surface area contributed by atoms with E-state index >= 15 is 0 Å². The molecule has 2 aromatic rings. The van der Waals surface area contributed by atoms with Gasteiger partial charge in [-0.05, 0) is 30.4 Å². The molecule has 0 bridgehead atoms. The molecule has 1 aromatic carbocycles. The Kier molecular flexibility index (Phi) is 4.65. The van der Waals surface area contributed by atoms with Crippen molar-refractivity contribution in [1.82, 2.24) is 10.3 Å². The van der Waals surface area contributed by atoms with Crippen molar-refractivity contribution in [2.75, 3.05) is 0 Å². The van der Waals surface area contributed by atoms with Gasteiger partial charge in [0.2, 0.25) is 5.91 Å². The standard InChI is InChI=1S/C18H22N2O3/c21-17(9-12-5-1-2-6-12)20-16(18(22)23)10-13-11-19-15-8-4-3-7-14(13)15/h3-4,7-8,11-12,16,19H,1-2,5-6,9-10H2,(H,20,21)(H,22,23)/t16-/m0/s1. The number of aromatic amines is 1. The Labute approximate surface area is 135 Å². The number of amides is 1. The Bertz CT molecular complexity index is 701. The second-order valence-corrected chi connectivity index (χ2v) is 6.38. The highest BCUT2D eigenvalue weighted by molar-refractivity contribution is 5.86. The lowest BCUT2D eigenvalue weighted by Crippen LogP contribution is -2.42. The van der Waals surface area contributed by atoms with Gasteiger partial charge in [0.25, 0.3) is 0 Å². The van der Waals surface area contributed by atoms with Crippen LogP contribution in [0, 0.1) is 5.92 Å². The normalized spacial score (nSPS) is 16.5. The number of hydrogen-bond acceptors (Lipinski definition) is 2. The molecule has 1 aliphatic rings. The van der Waals surface area contributed by atoms with Crippen molar-refractivity contribution in [1.29, 1.82) is 0 Å². The minimum Gasteiger partial charge on any atom is -0.480 e. The van der Waals surface area contributed by atoms with Gasteiger partial charge in [0.05, 0.1) is 0 Å². The van der Waals surface area contributed by atoms with Gasteiger partial charge in [-0.1, -0.05) is 31.0 Å². The van der Waals surface area contributed by atoms with Crippen LogP contribution in [0.5, 0.6) is 0 Å². The number of benzene rings is 1. The summed E-state index contributed by atoms with van der Waals surface area (Å²) in [5.74, 6) is -0.725. The zero-order valence-electron chi connectivity index (χ0n) is 13.0. The SMILES string of the molecule is O=C(CC1CCCC1)N[C@@H](Cc1c[nH]c2ccccc12)C(=O)O. The highest BCUT2D eigenvalue weighted by Crippen LogP contribution is 2.27. The van der Waals surface area contributed by atoms with Crippen molar-refractivity contribution < 1.29 is 14.7 Å². The molecule has 0 spiro atoms. The summed E-state index contributed by atoms with van der Waals surface area (Å²) in [7, 11) is 0. The average Bonchev–Trinajstić information content (AvgIpc) is 3.16. The quantitative estimate of drug-likeness (QED) is 0.767. The molecule has 1 heterocycles. The largest absolute Gasteiger partial charge is 0.480 e. The molecule has 1 aliphatic carbocycles. The predicted octanol–water partition coefficient (Wildman–Crippen LogP) is 2.86. The molecular weight excluding hydrogens is 292 g/mol. The molecule has 1 fully saturated rings. The fourth-order valence-corrected chi connectivity index (χ4v) is 3.45. The number of rotatable bonds is 6. The van der Waals surface area contributed by atoms with Gasteiger partial charge in [0, 0.05) is 29.9 Å². The maximum Gasteiger partial charge on any atom is 0.326 e. The highest BCUT2D eigenvalue weighted by atomic mass is 16.4. The lowest BCUT2D eigenvalue weighted by atomic mass is 10.0. The van der Waals surface area contributed by atoms with Crippen LogP contribution in [0.25, 0.3) is 10.9 Å². The topological polar surface area (TPSA) is 82.2 Å². The Hall–Kier alpha value is -2.30. The number of para-hydroxylation sites is 1. The molecule has 1 aromatic heterocycles. The summed E-state index contributed by atoms with van der Waals surface area (Å²) in [5.41, 5.74) is 1.89. The number of aromatic nitrogens is 1. The molecule has 0 aliphatic heterocycles. The summed E-state index contributed by atoms with van der Waals surface area (Å²) in [6, 6.07) is 6.88. The van der Waals surface area contributed by atoms with E-state index in [9.17, 15) is 14.7 Å². The Morgan fingerprint density at radius 1 is 1.26 bits per heavy atom. The van der Waals surface area contributed by atoms with Gasteiger partial charge in [0.1, 0.15) is 6.04 Å². The Morgan fingerprint density at radius 2 is 2.00 bits per heavy atom. The van der Waals surface area contributed by atoms with Crippen molar-refractivity contribution >= 4 is 22.8 Å². The van der Waals surface area contributed by atoms with E-state index in [2.05, 4.69) is 10.3 Å². The number of carbonyl (C=O) groups is 2. The molecule has 3 rings (SSSR count). The lowest BCUT2D eigenvalue weighted by molar-refractivity contribution is -0.141. The average molecular weight is 314 g/mol. The van der Waals surface area contributed by atoms with Crippen molar-refractivity contribution in [2.24, 2.45) is 5.92 Å². The van der Waals surface area contributed by atoms with Crippen molar-refractivity contribution in [3.05, 3.63) is 36.0 Å². The van der Waals surface area contributed by atoms with Gasteiger partial charge in [-0.3, -0.25) is 4.79 Å². The first kappa shape index (κ1) is 15.6. The number of carboxylic acid groups (broad SMARTS) is 1. The third-order valence-corrected chi connectivity index (χ3v) is 4.68. The number of carbonyl (C=O) groups excluding carboxylic acids is 1. The third kappa shape index (κ3) is 3.73. The number of fused-ring (bicyclic) bond motifs is 1. The molecule has 3 N–H and O–H groups in total. The van der Waals surface area contributed by atoms with E-state index in [0.29, 0.717) is 12.3 Å². The number of hydrogen-bond donors (Lipinski definition) is 3. The summed E-state index contributed by atoms with van der Waals surface area (Å²) in [4.78, 5) is 26.8. The van der Waals surface area contributed by atoms with E-state index in [1.54, 1.807) is 0 Å². The van der Waals surface area contributed by atoms with Crippen LogP contribution in [0.4, 0.5) is 0 Å². The van der Waals surface area contributed by atoms with Gasteiger partial charge in [-0.25, -0.2) is 4.79 Å². The van der Waals surface area contributed by atoms with Crippen LogP contribution in [-0.2, 0) is 16.0 Å². The van der Waals surface area contributed by atoms with Gasteiger partial charge < -0.3 is 15.4 Å². The number of nitrogens with one attached hydrogen (secondary N) is 2. The van der Waals surface area contributed by atoms with Gasteiger partial charge in [-0.15, -0.1) is 0 Å². The highest BCUT2D eigenvalue weighted by Gasteiger charge is 2.24. The monoisotopic (exact) mass is 314 g/mol. The molecular formula is C18H22N2O3. The number of H-pyrrole nitrogens is 1. The van der Waals surface area contributed by atoms with Gasteiger partial charge in [-0.2, -0.15) is 0 Å². The molecule has 1 amide bonds. The summed E-state index contributed by atoms with van der Waals surface area (Å²) < 4.78 is 0. The fourth-order valence-electron chi connectivity index (χ4n) is 3.45. The van der Waals surface area contributed by atoms with Crippen LogP contribution in [0.3, 0.4) is 0 Å². The summed E-state index contributed by atoms with van der Waals surface area (Å²) in [6.45, 7) is 0. The molecule has 0 saturated heterocycles. The number of aliphatic carboxylic acids is 1. The molecule has 5 heteroatoms. The second kappa shape index (κ2) is 6.86. The van der Waals surface area contributed by atoms with Crippen LogP contribution in [0.15, 0.2) is 30.5 Å². The molecule has 5 nitrogen and oxygen atoms in total. The van der Waals surface area contributed by atoms with E-state index in [4.69, 9.17) is 0 Å². The van der Waals surface area contributed by atoms with E-state index in [-0.39, 0.29) is 12.3 Å². The maximum absolute atomic E-state index is 12.1. The first-order valence-electron chi connectivity index (χ1n) is 8.20. The van der Waals surface area contributed by atoms with Crippen molar-refractivity contribution in [3.63, 3.8) is 0 Å². The Morgan fingerprint density at radius 3 is 2.74 bits per heavy atom. The zero-order valence-corrected chi connectivity index (χ0v) is 13.0. The number of carboxylic acids is 1. The molecule has 23 heavy (non-hydrogen) atoms. The molecule has 1 saturated carbocycles. The van der Waals surface area contributed by atoms with Crippen molar-refractivity contribution in [3.8, 4) is 0 Å². The third-order valence-electron chi connectivity index (χ3n) is 4.68. The van der Waals surface area contributed by atoms with Crippen LogP contribution < -0.4 is 5.32 Å². The van der Waals surface area contributed by atoms with E-state index in [1.807, 2.05) is 30.5 Å². The molecule has 0 radical (unpaired) electrons. The fraction of sp³-hybridized carbons (Fsp3) is 0.444. The van der Waals surface area contributed by atoms with E-state index in [0.717, 1.165) is 29.3 Å². The van der Waals surface area contributed by atoms with E-state index < -0.39 is 12.0 Å². The van der Waals surface area contributed by atoms with Crippen LogP contribution in [-0.4, -0.2) is 28.0 Å². The minimum absolute atomic E-state index is 0.149. The summed E-state index contributed by atoms with van der Waals surface area (Å²) >= 11 is 0. The summed E-state index contributed by atoms with van der Waals surface area (Å²) in [5, 5.41) is 13.1. The maximum atomic E-state index is 12.1. The van der Waals surface area contributed by atoms with Crippen LogP contribution in [0.1, 0.15) is 37.7 Å². The molecule has 122 valence electrons. The smallest absolute Gasteiger partial charge is 0.326 e. The van der Waals surface area contributed by atoms with Crippen LogP contribution in [0.2, 0.25) is 0 Å². The van der Waals surface area contributed by atoms with Gasteiger partial charge >= 0.3 is 5.97 Å². The van der Waals surface area contributed by atoms with Crippen LogP contribution >= 0.6 is 0 Å². The van der Waals surface area contributed by atoms with E-state index in [1.165, 1.54) is 12.8 Å².